The van der Waals surface area contributed by atoms with Gasteiger partial charge in [-0.15, -0.1) is 11.6 Å². The van der Waals surface area contributed by atoms with Gasteiger partial charge >= 0.3 is 0 Å². The fourth-order valence-corrected chi connectivity index (χ4v) is 2.28. The second-order valence-corrected chi connectivity index (χ2v) is 4.71. The maximum absolute atomic E-state index is 13.2. The monoisotopic (exact) mass is 305 g/mol. The number of ether oxygens (including phenoxy) is 1. The van der Waals surface area contributed by atoms with Gasteiger partial charge in [-0.1, -0.05) is 18.2 Å². The molecule has 0 N–H and O–H groups in total. The van der Waals surface area contributed by atoms with Gasteiger partial charge in [0.25, 0.3) is 0 Å². The molecular weight excluding hydrogens is 296 g/mol. The molecule has 0 amide bonds. The van der Waals surface area contributed by atoms with E-state index in [-0.39, 0.29) is 5.75 Å². The fourth-order valence-electron chi connectivity index (χ4n) is 2.07. The van der Waals surface area contributed by atoms with Gasteiger partial charge in [0, 0.05) is 23.5 Å². The number of hydrogen-bond donors (Lipinski definition) is 0. The number of alkyl halides is 1. The lowest BCUT2D eigenvalue weighted by atomic mass is 10.1. The lowest BCUT2D eigenvalue weighted by Crippen LogP contribution is -1.93. The summed E-state index contributed by atoms with van der Waals surface area (Å²) in [6.45, 7) is 0. The van der Waals surface area contributed by atoms with Gasteiger partial charge in [-0.3, -0.25) is 0 Å². The van der Waals surface area contributed by atoms with Crippen LogP contribution in [-0.2, 0) is 5.88 Å². The highest BCUT2D eigenvalue weighted by Gasteiger charge is 2.10. The Balaban J connectivity index is 2.06. The second kappa shape index (κ2) is 5.66. The van der Waals surface area contributed by atoms with Crippen LogP contribution in [0.3, 0.4) is 0 Å². The number of halogens is 3. The van der Waals surface area contributed by atoms with Crippen molar-refractivity contribution in [2.75, 3.05) is 0 Å². The first-order valence-electron chi connectivity index (χ1n) is 6.24. The van der Waals surface area contributed by atoms with Crippen LogP contribution in [-0.4, -0.2) is 4.98 Å². The quantitative estimate of drug-likeness (QED) is 0.632. The van der Waals surface area contributed by atoms with Crippen LogP contribution in [0, 0.1) is 11.6 Å². The SMILES string of the molecule is Fc1ccc(Oc2ncc(CCl)c3ccccc23)cc1F. The average Bonchev–Trinajstić information content (AvgIpc) is 2.51. The zero-order chi connectivity index (χ0) is 14.8. The van der Waals surface area contributed by atoms with Crippen molar-refractivity contribution in [2.45, 2.75) is 5.88 Å². The molecule has 0 fully saturated rings. The first kappa shape index (κ1) is 13.8. The highest BCUT2D eigenvalue weighted by atomic mass is 35.5. The Morgan fingerprint density at radius 1 is 1.00 bits per heavy atom. The zero-order valence-corrected chi connectivity index (χ0v) is 11.6. The summed E-state index contributed by atoms with van der Waals surface area (Å²) < 4.78 is 31.7. The largest absolute Gasteiger partial charge is 0.438 e. The summed E-state index contributed by atoms with van der Waals surface area (Å²) in [7, 11) is 0. The van der Waals surface area contributed by atoms with Crippen molar-refractivity contribution >= 4 is 22.4 Å². The Bertz CT molecular complexity index is 807. The molecule has 0 unspecified atom stereocenters. The Hall–Kier alpha value is -2.20. The maximum atomic E-state index is 13.2. The predicted molar refractivity (Wildman–Crippen MR) is 77.7 cm³/mol. The van der Waals surface area contributed by atoms with E-state index in [0.717, 1.165) is 28.5 Å². The molecule has 0 aliphatic carbocycles. The van der Waals surface area contributed by atoms with E-state index in [1.807, 2.05) is 24.3 Å². The summed E-state index contributed by atoms with van der Waals surface area (Å²) in [5.41, 5.74) is 0.880. The van der Waals surface area contributed by atoms with Crippen LogP contribution in [0.15, 0.2) is 48.7 Å². The number of pyridine rings is 1. The second-order valence-electron chi connectivity index (χ2n) is 4.45. The Morgan fingerprint density at radius 2 is 1.76 bits per heavy atom. The third-order valence-electron chi connectivity index (χ3n) is 3.09. The summed E-state index contributed by atoms with van der Waals surface area (Å²) in [6, 6.07) is 10.8. The van der Waals surface area contributed by atoms with Crippen LogP contribution in [0.2, 0.25) is 0 Å². The van der Waals surface area contributed by atoms with E-state index in [0.29, 0.717) is 11.8 Å². The third-order valence-corrected chi connectivity index (χ3v) is 3.38. The number of aromatic nitrogens is 1. The smallest absolute Gasteiger partial charge is 0.227 e. The highest BCUT2D eigenvalue weighted by molar-refractivity contribution is 6.18. The Labute approximate surface area is 125 Å². The van der Waals surface area contributed by atoms with Gasteiger partial charge in [0.1, 0.15) is 5.75 Å². The van der Waals surface area contributed by atoms with Gasteiger partial charge in [-0.25, -0.2) is 13.8 Å². The van der Waals surface area contributed by atoms with E-state index >= 15 is 0 Å². The molecule has 21 heavy (non-hydrogen) atoms. The average molecular weight is 306 g/mol. The lowest BCUT2D eigenvalue weighted by Gasteiger charge is -2.10. The molecule has 2 nitrogen and oxygen atoms in total. The minimum absolute atomic E-state index is 0.185. The van der Waals surface area contributed by atoms with Crippen molar-refractivity contribution in [2.24, 2.45) is 0 Å². The van der Waals surface area contributed by atoms with Gasteiger partial charge in [0.05, 0.1) is 0 Å². The van der Waals surface area contributed by atoms with Crippen LogP contribution in [0.25, 0.3) is 10.8 Å². The van der Waals surface area contributed by atoms with Gasteiger partial charge in [0.2, 0.25) is 5.88 Å². The van der Waals surface area contributed by atoms with E-state index in [1.54, 1.807) is 6.20 Å². The fraction of sp³-hybridized carbons (Fsp3) is 0.0625. The van der Waals surface area contributed by atoms with E-state index in [4.69, 9.17) is 16.3 Å². The molecule has 3 rings (SSSR count). The lowest BCUT2D eigenvalue weighted by molar-refractivity contribution is 0.452. The predicted octanol–water partition coefficient (Wildman–Crippen LogP) is 5.04. The molecular formula is C16H10ClF2NO. The number of hydrogen-bond acceptors (Lipinski definition) is 2. The summed E-state index contributed by atoms with van der Waals surface area (Å²) >= 11 is 5.88. The molecule has 0 saturated heterocycles. The topological polar surface area (TPSA) is 22.1 Å². The third kappa shape index (κ3) is 2.67. The summed E-state index contributed by atoms with van der Waals surface area (Å²) in [4.78, 5) is 4.20. The summed E-state index contributed by atoms with van der Waals surface area (Å²) in [5, 5.41) is 1.68. The van der Waals surface area contributed by atoms with E-state index < -0.39 is 11.6 Å². The molecule has 1 aromatic heterocycles. The molecule has 0 saturated carbocycles. The first-order valence-corrected chi connectivity index (χ1v) is 6.78. The highest BCUT2D eigenvalue weighted by Crippen LogP contribution is 2.30. The Morgan fingerprint density at radius 3 is 2.48 bits per heavy atom. The van der Waals surface area contributed by atoms with Gasteiger partial charge < -0.3 is 4.74 Å². The first-order chi connectivity index (χ1) is 10.2. The molecule has 0 radical (unpaired) electrons. The minimum atomic E-state index is -0.964. The number of rotatable bonds is 3. The molecule has 3 aromatic rings. The van der Waals surface area contributed by atoms with Crippen LogP contribution in [0.5, 0.6) is 11.6 Å². The maximum Gasteiger partial charge on any atom is 0.227 e. The van der Waals surface area contributed by atoms with E-state index in [1.165, 1.54) is 6.07 Å². The molecule has 2 aromatic carbocycles. The molecule has 106 valence electrons. The van der Waals surface area contributed by atoms with E-state index in [2.05, 4.69) is 4.98 Å². The van der Waals surface area contributed by atoms with Gasteiger partial charge in [-0.2, -0.15) is 0 Å². The number of fused-ring (bicyclic) bond motifs is 1. The molecule has 0 aliphatic rings. The minimum Gasteiger partial charge on any atom is -0.438 e. The van der Waals surface area contributed by atoms with Crippen molar-refractivity contribution in [3.05, 3.63) is 65.9 Å². The van der Waals surface area contributed by atoms with Crippen molar-refractivity contribution in [1.82, 2.24) is 4.98 Å². The van der Waals surface area contributed by atoms with Crippen LogP contribution >= 0.6 is 11.6 Å². The van der Waals surface area contributed by atoms with Crippen LogP contribution in [0.4, 0.5) is 8.78 Å². The molecule has 0 bridgehead atoms. The molecule has 0 atom stereocenters. The van der Waals surface area contributed by atoms with Crippen LogP contribution in [0.1, 0.15) is 5.56 Å². The number of nitrogens with zero attached hydrogens (tertiary/aromatic N) is 1. The number of benzene rings is 2. The molecule has 5 heteroatoms. The van der Waals surface area contributed by atoms with Crippen molar-refractivity contribution in [1.29, 1.82) is 0 Å². The van der Waals surface area contributed by atoms with Crippen molar-refractivity contribution < 1.29 is 13.5 Å². The summed E-state index contributed by atoms with van der Waals surface area (Å²) in [6.07, 6.45) is 1.62. The zero-order valence-electron chi connectivity index (χ0n) is 10.8. The standard InChI is InChI=1S/C16H10ClF2NO/c17-8-10-9-20-16(13-4-2-1-3-12(10)13)21-11-5-6-14(18)15(19)7-11/h1-7,9H,8H2. The molecule has 0 aliphatic heterocycles. The normalized spacial score (nSPS) is 10.8. The van der Waals surface area contributed by atoms with Crippen molar-refractivity contribution in [3.8, 4) is 11.6 Å². The Kier molecular flexibility index (Phi) is 3.71. The molecule has 1 heterocycles. The van der Waals surface area contributed by atoms with Crippen LogP contribution < -0.4 is 4.74 Å². The van der Waals surface area contributed by atoms with Gasteiger partial charge in [0.15, 0.2) is 11.6 Å². The summed E-state index contributed by atoms with van der Waals surface area (Å²) in [5.74, 6) is -1.04. The van der Waals surface area contributed by atoms with Gasteiger partial charge in [-0.05, 0) is 29.1 Å². The van der Waals surface area contributed by atoms with Crippen molar-refractivity contribution in [3.63, 3.8) is 0 Å². The molecule has 0 spiro atoms. The van der Waals surface area contributed by atoms with E-state index in [9.17, 15) is 8.78 Å².